The molecule has 0 aromatic carbocycles. The minimum absolute atomic E-state index is 0.0156. The number of rotatable bonds is 4. The zero-order chi connectivity index (χ0) is 9.02. The molecule has 0 spiro atoms. The lowest BCUT2D eigenvalue weighted by Crippen LogP contribution is -2.29. The van der Waals surface area contributed by atoms with Gasteiger partial charge in [-0.2, -0.15) is 0 Å². The summed E-state index contributed by atoms with van der Waals surface area (Å²) in [4.78, 5) is 10.3. The molecular weight excluding hydrogens is 165 g/mol. The maximum absolute atomic E-state index is 11.1. The Labute approximate surface area is 66.8 Å². The second kappa shape index (κ2) is 4.52. The number of hydrogen-bond donors (Lipinski definition) is 2. The van der Waals surface area contributed by atoms with Gasteiger partial charge in [0.05, 0.1) is 0 Å². The molecule has 1 unspecified atom stereocenters. The molecule has 0 aliphatic rings. The first-order chi connectivity index (χ1) is 4.95. The Morgan fingerprint density at radius 2 is 1.91 bits per heavy atom. The molecule has 0 saturated carbocycles. The first kappa shape index (κ1) is 10.7. The van der Waals surface area contributed by atoms with Gasteiger partial charge in [-0.1, -0.05) is 13.8 Å². The van der Waals surface area contributed by atoms with E-state index in [0.717, 1.165) is 0 Å². The van der Waals surface area contributed by atoms with E-state index in [4.69, 9.17) is 5.11 Å². The van der Waals surface area contributed by atoms with Crippen molar-refractivity contribution in [1.82, 2.24) is 5.09 Å². The first-order valence-electron chi connectivity index (χ1n) is 3.48. The Morgan fingerprint density at radius 3 is 2.18 bits per heavy atom. The zero-order valence-corrected chi connectivity index (χ0v) is 7.92. The quantitative estimate of drug-likeness (QED) is 0.630. The summed E-state index contributed by atoms with van der Waals surface area (Å²) in [7, 11) is -1.93. The molecule has 0 saturated heterocycles. The van der Waals surface area contributed by atoms with Gasteiger partial charge in [0.1, 0.15) is 14.0 Å². The molecule has 0 radical (unpaired) electrons. The third-order valence-corrected chi connectivity index (χ3v) is 3.02. The lowest BCUT2D eigenvalue weighted by molar-refractivity contribution is -0.138. The third kappa shape index (κ3) is 4.17. The van der Waals surface area contributed by atoms with Crippen LogP contribution < -0.4 is 5.09 Å². The largest absolute Gasteiger partial charge is 0.480 e. The van der Waals surface area contributed by atoms with E-state index in [1.165, 1.54) is 6.92 Å². The van der Waals surface area contributed by atoms with Gasteiger partial charge >= 0.3 is 5.97 Å². The third-order valence-electron chi connectivity index (χ3n) is 1.25. The molecule has 2 atom stereocenters. The highest BCUT2D eigenvalue weighted by molar-refractivity contribution is 7.43. The highest BCUT2D eigenvalue weighted by Gasteiger charge is 2.14. The summed E-state index contributed by atoms with van der Waals surface area (Å²) in [6.45, 7) is 5.07. The van der Waals surface area contributed by atoms with Crippen molar-refractivity contribution in [3.8, 4) is 0 Å². The molecule has 0 aromatic heterocycles. The predicted molar refractivity (Wildman–Crippen MR) is 44.4 cm³/mol. The Morgan fingerprint density at radius 1 is 1.45 bits per heavy atom. The SMILES string of the molecule is CC(C)[PH](=O)N[C@H](C)C(=O)O. The maximum Gasteiger partial charge on any atom is 0.320 e. The van der Waals surface area contributed by atoms with Gasteiger partial charge in [-0.15, -0.1) is 0 Å². The number of carbonyl (C=O) groups is 1. The van der Waals surface area contributed by atoms with Crippen LogP contribution in [0.1, 0.15) is 20.8 Å². The van der Waals surface area contributed by atoms with Gasteiger partial charge in [0, 0.05) is 5.66 Å². The second-order valence-corrected chi connectivity index (χ2v) is 4.90. The van der Waals surface area contributed by atoms with Gasteiger partial charge in [-0.05, 0) is 6.92 Å². The van der Waals surface area contributed by atoms with Crippen LogP contribution in [0, 0.1) is 0 Å². The molecule has 4 nitrogen and oxygen atoms in total. The minimum Gasteiger partial charge on any atom is -0.480 e. The molecule has 0 bridgehead atoms. The van der Waals surface area contributed by atoms with Gasteiger partial charge in [0.2, 0.25) is 0 Å². The van der Waals surface area contributed by atoms with Crippen LogP contribution in [0.4, 0.5) is 0 Å². The van der Waals surface area contributed by atoms with Crippen LogP contribution >= 0.6 is 7.95 Å². The van der Waals surface area contributed by atoms with E-state index in [1.807, 2.05) is 0 Å². The van der Waals surface area contributed by atoms with E-state index in [-0.39, 0.29) is 5.66 Å². The second-order valence-electron chi connectivity index (χ2n) is 2.72. The molecule has 0 aliphatic heterocycles. The average Bonchev–Trinajstić information content (AvgIpc) is 1.87. The highest BCUT2D eigenvalue weighted by atomic mass is 31.1. The number of carboxylic acids is 1. The van der Waals surface area contributed by atoms with E-state index < -0.39 is 20.0 Å². The van der Waals surface area contributed by atoms with Crippen molar-refractivity contribution in [2.45, 2.75) is 32.5 Å². The molecule has 2 N–H and O–H groups in total. The topological polar surface area (TPSA) is 66.4 Å². The van der Waals surface area contributed by atoms with Crippen molar-refractivity contribution in [2.75, 3.05) is 0 Å². The maximum atomic E-state index is 11.1. The van der Waals surface area contributed by atoms with Crippen molar-refractivity contribution in [3.05, 3.63) is 0 Å². The Kier molecular flexibility index (Phi) is 4.38. The molecule has 5 heteroatoms. The highest BCUT2D eigenvalue weighted by Crippen LogP contribution is 2.22. The van der Waals surface area contributed by atoms with Gasteiger partial charge < -0.3 is 9.67 Å². The number of carboxylic acid groups (broad SMARTS) is 1. The summed E-state index contributed by atoms with van der Waals surface area (Å²) >= 11 is 0. The fraction of sp³-hybridized carbons (Fsp3) is 0.833. The summed E-state index contributed by atoms with van der Waals surface area (Å²) in [6, 6.07) is -0.719. The minimum atomic E-state index is -1.93. The summed E-state index contributed by atoms with van der Waals surface area (Å²) in [5.74, 6) is -0.969. The van der Waals surface area contributed by atoms with E-state index in [9.17, 15) is 9.36 Å². The van der Waals surface area contributed by atoms with E-state index >= 15 is 0 Å². The smallest absolute Gasteiger partial charge is 0.320 e. The fourth-order valence-electron chi connectivity index (χ4n) is 0.442. The van der Waals surface area contributed by atoms with E-state index in [1.54, 1.807) is 13.8 Å². The van der Waals surface area contributed by atoms with Gasteiger partial charge in [0.25, 0.3) is 0 Å². The Balaban J connectivity index is 3.85. The summed E-state index contributed by atoms with van der Waals surface area (Å²) in [6.07, 6.45) is 0. The standard InChI is InChI=1S/C6H14NO3P/c1-4(2)11(10)7-5(3)6(8)9/h4-5,11H,1-3H3,(H,7,10)(H,8,9)/t5-/m1/s1. The van der Waals surface area contributed by atoms with Gasteiger partial charge in [-0.3, -0.25) is 9.88 Å². The molecule has 0 heterocycles. The van der Waals surface area contributed by atoms with Crippen LogP contribution in [0.3, 0.4) is 0 Å². The fourth-order valence-corrected chi connectivity index (χ4v) is 1.33. The van der Waals surface area contributed by atoms with Crippen molar-refractivity contribution in [1.29, 1.82) is 0 Å². The van der Waals surface area contributed by atoms with Crippen molar-refractivity contribution in [3.63, 3.8) is 0 Å². The summed E-state index contributed by atoms with van der Waals surface area (Å²) < 4.78 is 11.1. The molecule has 0 aliphatic carbocycles. The predicted octanol–water partition coefficient (Wildman–Crippen LogP) is 0.932. The van der Waals surface area contributed by atoms with Gasteiger partial charge in [0.15, 0.2) is 0 Å². The van der Waals surface area contributed by atoms with Crippen molar-refractivity contribution >= 4 is 13.9 Å². The van der Waals surface area contributed by atoms with E-state index in [0.29, 0.717) is 0 Å². The Bertz CT molecular complexity index is 169. The lowest BCUT2D eigenvalue weighted by Gasteiger charge is -2.10. The molecular formula is C6H14NO3P. The number of aliphatic carboxylic acids is 1. The van der Waals surface area contributed by atoms with Crippen LogP contribution in [-0.4, -0.2) is 22.8 Å². The van der Waals surface area contributed by atoms with Crippen LogP contribution in [0.25, 0.3) is 0 Å². The molecule has 66 valence electrons. The summed E-state index contributed by atoms with van der Waals surface area (Å²) in [5.41, 5.74) is 0.0156. The molecule has 0 amide bonds. The number of nitrogens with one attached hydrogen (secondary N) is 1. The van der Waals surface area contributed by atoms with Crippen LogP contribution in [0.2, 0.25) is 0 Å². The van der Waals surface area contributed by atoms with Gasteiger partial charge in [-0.25, -0.2) is 0 Å². The lowest BCUT2D eigenvalue weighted by atomic mass is 10.4. The normalized spacial score (nSPS) is 16.4. The molecule has 11 heavy (non-hydrogen) atoms. The van der Waals surface area contributed by atoms with Crippen LogP contribution in [0.5, 0.6) is 0 Å². The number of hydrogen-bond acceptors (Lipinski definition) is 2. The van der Waals surface area contributed by atoms with Crippen LogP contribution in [0.15, 0.2) is 0 Å². The summed E-state index contributed by atoms with van der Waals surface area (Å²) in [5, 5.41) is 11.0. The van der Waals surface area contributed by atoms with Crippen LogP contribution in [-0.2, 0) is 9.36 Å². The van der Waals surface area contributed by atoms with Crippen molar-refractivity contribution < 1.29 is 14.5 Å². The monoisotopic (exact) mass is 179 g/mol. The zero-order valence-electron chi connectivity index (χ0n) is 6.92. The molecule has 0 rings (SSSR count). The van der Waals surface area contributed by atoms with Crippen molar-refractivity contribution in [2.24, 2.45) is 0 Å². The first-order valence-corrected chi connectivity index (χ1v) is 4.97. The molecule has 0 fully saturated rings. The average molecular weight is 179 g/mol. The Hall–Kier alpha value is -0.340. The molecule has 0 aromatic rings. The van der Waals surface area contributed by atoms with E-state index in [2.05, 4.69) is 5.09 Å².